The fourth-order valence-electron chi connectivity index (χ4n) is 0.791. The highest BCUT2D eigenvalue weighted by Crippen LogP contribution is 1.80. The van der Waals surface area contributed by atoms with Gasteiger partial charge < -0.3 is 10.2 Å². The van der Waals surface area contributed by atoms with Gasteiger partial charge in [-0.3, -0.25) is 9.79 Å². The molecule has 0 radical (unpaired) electrons. The third-order valence-corrected chi connectivity index (χ3v) is 1.58. The Morgan fingerprint density at radius 3 is 2.75 bits per heavy atom. The van der Waals surface area contributed by atoms with Crippen molar-refractivity contribution in [1.29, 1.82) is 0 Å². The first-order valence-corrected chi connectivity index (χ1v) is 4.09. The fraction of sp³-hybridized carbons (Fsp3) is 0.750. The number of hydrogen-bond donors (Lipinski definition) is 1. The molecule has 0 aromatic rings. The molecule has 0 atom stereocenters. The first-order chi connectivity index (χ1) is 5.74. The zero-order chi connectivity index (χ0) is 9.40. The molecule has 1 N–H and O–H groups in total. The number of aliphatic imine (C=N–C) groups is 1. The summed E-state index contributed by atoms with van der Waals surface area (Å²) in [5.74, 6) is 0.981. The zero-order valence-electron chi connectivity index (χ0n) is 8.00. The number of nitrogens with zero attached hydrogens (tertiary/aromatic N) is 2. The monoisotopic (exact) mass is 171 g/mol. The van der Waals surface area contributed by atoms with Crippen LogP contribution < -0.4 is 5.32 Å². The van der Waals surface area contributed by atoms with Crippen molar-refractivity contribution in [2.45, 2.75) is 13.3 Å². The van der Waals surface area contributed by atoms with Crippen LogP contribution in [0.4, 0.5) is 0 Å². The van der Waals surface area contributed by atoms with E-state index in [1.54, 1.807) is 19.0 Å². The third kappa shape index (κ3) is 4.71. The summed E-state index contributed by atoms with van der Waals surface area (Å²) in [6.45, 7) is 3.51. The molecule has 0 unspecified atom stereocenters. The average Bonchev–Trinajstić information content (AvgIpc) is 2.12. The molecule has 12 heavy (non-hydrogen) atoms. The average molecular weight is 171 g/mol. The maximum atomic E-state index is 10.2. The van der Waals surface area contributed by atoms with Crippen molar-refractivity contribution >= 4 is 12.2 Å². The molecule has 1 amide bonds. The van der Waals surface area contributed by atoms with E-state index in [2.05, 4.69) is 10.3 Å². The second kappa shape index (κ2) is 6.64. The number of rotatable bonds is 5. The summed E-state index contributed by atoms with van der Waals surface area (Å²) in [7, 11) is 3.51. The second-order valence-corrected chi connectivity index (χ2v) is 2.54. The van der Waals surface area contributed by atoms with Crippen LogP contribution in [-0.2, 0) is 4.79 Å². The Morgan fingerprint density at radius 1 is 1.67 bits per heavy atom. The molecule has 0 saturated carbocycles. The Hall–Kier alpha value is -1.06. The van der Waals surface area contributed by atoms with E-state index in [4.69, 9.17) is 0 Å². The molecule has 0 saturated heterocycles. The predicted octanol–water partition coefficient (Wildman–Crippen LogP) is 0.103. The molecule has 70 valence electrons. The summed E-state index contributed by atoms with van der Waals surface area (Å²) in [4.78, 5) is 15.8. The van der Waals surface area contributed by atoms with Gasteiger partial charge in [0.15, 0.2) is 0 Å². The van der Waals surface area contributed by atoms with Gasteiger partial charge >= 0.3 is 0 Å². The number of nitrogens with one attached hydrogen (secondary N) is 1. The Bertz CT molecular complexity index is 156. The van der Waals surface area contributed by atoms with Crippen LogP contribution in [0.25, 0.3) is 0 Å². The van der Waals surface area contributed by atoms with Gasteiger partial charge in [-0.15, -0.1) is 0 Å². The van der Waals surface area contributed by atoms with Crippen LogP contribution in [0.3, 0.4) is 0 Å². The lowest BCUT2D eigenvalue weighted by Crippen LogP contribution is -2.32. The van der Waals surface area contributed by atoms with Gasteiger partial charge in [0.25, 0.3) is 0 Å². The van der Waals surface area contributed by atoms with Gasteiger partial charge in [0.1, 0.15) is 0 Å². The Morgan fingerprint density at radius 2 is 2.33 bits per heavy atom. The van der Waals surface area contributed by atoms with Crippen molar-refractivity contribution in [3.8, 4) is 0 Å². The number of amides is 1. The molecular formula is C8H17N3O. The van der Waals surface area contributed by atoms with Crippen LogP contribution in [-0.4, -0.2) is 44.3 Å². The second-order valence-electron chi connectivity index (χ2n) is 2.54. The van der Waals surface area contributed by atoms with Crippen LogP contribution >= 0.6 is 0 Å². The summed E-state index contributed by atoms with van der Waals surface area (Å²) < 4.78 is 0. The molecule has 0 bridgehead atoms. The Labute approximate surface area is 73.7 Å². The molecule has 4 nitrogen and oxygen atoms in total. The van der Waals surface area contributed by atoms with Crippen LogP contribution in [0.2, 0.25) is 0 Å². The quantitative estimate of drug-likeness (QED) is 0.362. The first kappa shape index (κ1) is 10.9. The molecule has 0 aromatic carbocycles. The van der Waals surface area contributed by atoms with Crippen molar-refractivity contribution in [2.75, 3.05) is 27.2 Å². The van der Waals surface area contributed by atoms with Gasteiger partial charge in [-0.05, 0) is 0 Å². The molecule has 0 aliphatic carbocycles. The van der Waals surface area contributed by atoms with Gasteiger partial charge in [0, 0.05) is 33.6 Å². The SMILES string of the molecule is CCC(=NC)NCCN(C)C=O. The first-order valence-electron chi connectivity index (χ1n) is 4.09. The van der Waals surface area contributed by atoms with Crippen LogP contribution in [0.1, 0.15) is 13.3 Å². The molecule has 0 rings (SSSR count). The lowest BCUT2D eigenvalue weighted by molar-refractivity contribution is -0.116. The number of hydrogen-bond acceptors (Lipinski definition) is 2. The van der Waals surface area contributed by atoms with E-state index < -0.39 is 0 Å². The molecule has 0 spiro atoms. The van der Waals surface area contributed by atoms with Gasteiger partial charge in [0.2, 0.25) is 6.41 Å². The molecule has 0 heterocycles. The van der Waals surface area contributed by atoms with E-state index in [1.807, 2.05) is 6.92 Å². The van der Waals surface area contributed by atoms with E-state index in [-0.39, 0.29) is 0 Å². The predicted molar refractivity (Wildman–Crippen MR) is 50.3 cm³/mol. The third-order valence-electron chi connectivity index (χ3n) is 1.58. The molecule has 0 aliphatic rings. The summed E-state index contributed by atoms with van der Waals surface area (Å²) in [6, 6.07) is 0. The minimum atomic E-state index is 0.711. The van der Waals surface area contributed by atoms with Gasteiger partial charge in [-0.1, -0.05) is 6.92 Å². The lowest BCUT2D eigenvalue weighted by Gasteiger charge is -2.12. The van der Waals surface area contributed by atoms with Crippen molar-refractivity contribution in [2.24, 2.45) is 4.99 Å². The maximum absolute atomic E-state index is 10.2. The van der Waals surface area contributed by atoms with Crippen molar-refractivity contribution in [3.63, 3.8) is 0 Å². The fourth-order valence-corrected chi connectivity index (χ4v) is 0.791. The van der Waals surface area contributed by atoms with E-state index in [1.165, 1.54) is 0 Å². The molecule has 0 fully saturated rings. The van der Waals surface area contributed by atoms with Crippen LogP contribution in [0, 0.1) is 0 Å². The largest absolute Gasteiger partial charge is 0.372 e. The van der Waals surface area contributed by atoms with Gasteiger partial charge in [-0.2, -0.15) is 0 Å². The number of carbonyl (C=O) groups is 1. The highest BCUT2D eigenvalue weighted by atomic mass is 16.1. The summed E-state index contributed by atoms with van der Waals surface area (Å²) >= 11 is 0. The molecule has 0 aromatic heterocycles. The summed E-state index contributed by atoms with van der Waals surface area (Å²) in [5.41, 5.74) is 0. The van der Waals surface area contributed by atoms with Crippen molar-refractivity contribution < 1.29 is 4.79 Å². The molecular weight excluding hydrogens is 154 g/mol. The van der Waals surface area contributed by atoms with E-state index in [0.29, 0.717) is 6.54 Å². The normalized spacial score (nSPS) is 11.1. The maximum Gasteiger partial charge on any atom is 0.209 e. The van der Waals surface area contributed by atoms with Crippen LogP contribution in [0.5, 0.6) is 0 Å². The zero-order valence-corrected chi connectivity index (χ0v) is 8.00. The number of likely N-dealkylation sites (N-methyl/N-ethyl adjacent to an activating group) is 1. The van der Waals surface area contributed by atoms with Crippen molar-refractivity contribution in [1.82, 2.24) is 10.2 Å². The minimum Gasteiger partial charge on any atom is -0.372 e. The van der Waals surface area contributed by atoms with Crippen molar-refractivity contribution in [3.05, 3.63) is 0 Å². The molecule has 4 heteroatoms. The number of carbonyl (C=O) groups excluding carboxylic acids is 1. The summed E-state index contributed by atoms with van der Waals surface area (Å²) in [6.07, 6.45) is 1.72. The topological polar surface area (TPSA) is 44.7 Å². The Kier molecular flexibility index (Phi) is 6.05. The minimum absolute atomic E-state index is 0.711. The van der Waals surface area contributed by atoms with Crippen LogP contribution in [0.15, 0.2) is 4.99 Å². The summed E-state index contributed by atoms with van der Waals surface area (Å²) in [5, 5.41) is 3.13. The standard InChI is InChI=1S/C8H17N3O/c1-4-8(9-2)10-5-6-11(3)7-12/h7H,4-6H2,1-3H3,(H,9,10). The lowest BCUT2D eigenvalue weighted by atomic mass is 10.4. The van der Waals surface area contributed by atoms with E-state index >= 15 is 0 Å². The Balaban J connectivity index is 3.48. The van der Waals surface area contributed by atoms with Gasteiger partial charge in [0.05, 0.1) is 5.84 Å². The van der Waals surface area contributed by atoms with E-state index in [0.717, 1.165) is 25.2 Å². The smallest absolute Gasteiger partial charge is 0.209 e. The molecule has 0 aliphatic heterocycles. The highest BCUT2D eigenvalue weighted by Gasteiger charge is 1.94. The van der Waals surface area contributed by atoms with Gasteiger partial charge in [-0.25, -0.2) is 0 Å². The number of amidine groups is 1. The van der Waals surface area contributed by atoms with E-state index in [9.17, 15) is 4.79 Å². The highest BCUT2D eigenvalue weighted by molar-refractivity contribution is 5.81.